The maximum absolute atomic E-state index is 10.3. The molecule has 0 bridgehead atoms. The Kier molecular flexibility index (Phi) is 5.62. The summed E-state index contributed by atoms with van der Waals surface area (Å²) in [5.41, 5.74) is 8.67. The van der Waals surface area contributed by atoms with E-state index in [9.17, 15) is 5.11 Å². The van der Waals surface area contributed by atoms with Crippen molar-refractivity contribution in [1.29, 1.82) is 0 Å². The van der Waals surface area contributed by atoms with Gasteiger partial charge in [0.15, 0.2) is 0 Å². The van der Waals surface area contributed by atoms with E-state index in [-0.39, 0.29) is 0 Å². The van der Waals surface area contributed by atoms with Crippen LogP contribution in [0, 0.1) is 6.92 Å². The van der Waals surface area contributed by atoms with Crippen molar-refractivity contribution in [2.75, 3.05) is 39.5 Å². The highest BCUT2D eigenvalue weighted by molar-refractivity contribution is 5.48. The fourth-order valence-corrected chi connectivity index (χ4v) is 2.98. The SMILES string of the molecule is Cc1ccc(C(O)CCN(C)C2CCN(C)CC2)cc1N. The largest absolute Gasteiger partial charge is 0.399 e. The molecule has 0 radical (unpaired) electrons. The molecule has 0 aromatic heterocycles. The molecule has 1 heterocycles. The van der Waals surface area contributed by atoms with E-state index in [0.29, 0.717) is 6.04 Å². The molecule has 1 aromatic rings. The molecule has 0 spiro atoms. The number of hydrogen-bond donors (Lipinski definition) is 2. The summed E-state index contributed by atoms with van der Waals surface area (Å²) in [6.45, 7) is 5.25. The molecule has 1 aromatic carbocycles. The third kappa shape index (κ3) is 4.43. The maximum Gasteiger partial charge on any atom is 0.0803 e. The van der Waals surface area contributed by atoms with Crippen molar-refractivity contribution in [3.05, 3.63) is 29.3 Å². The van der Waals surface area contributed by atoms with Crippen LogP contribution in [0.2, 0.25) is 0 Å². The molecule has 118 valence electrons. The highest BCUT2D eigenvalue weighted by Crippen LogP contribution is 2.22. The lowest BCUT2D eigenvalue weighted by molar-refractivity contribution is 0.110. The van der Waals surface area contributed by atoms with Crippen molar-refractivity contribution >= 4 is 5.69 Å². The molecule has 2 rings (SSSR count). The third-order valence-electron chi connectivity index (χ3n) is 4.75. The summed E-state index contributed by atoms with van der Waals surface area (Å²) in [6.07, 6.45) is 2.77. The minimum absolute atomic E-state index is 0.429. The van der Waals surface area contributed by atoms with Gasteiger partial charge in [0.05, 0.1) is 6.10 Å². The normalized spacial score (nSPS) is 19.1. The number of aliphatic hydroxyl groups excluding tert-OH is 1. The molecule has 1 aliphatic heterocycles. The number of nitrogens with zero attached hydrogens (tertiary/aromatic N) is 2. The molecule has 4 heteroatoms. The lowest BCUT2D eigenvalue weighted by Crippen LogP contribution is -2.42. The van der Waals surface area contributed by atoms with Crippen molar-refractivity contribution in [2.24, 2.45) is 0 Å². The highest BCUT2D eigenvalue weighted by Gasteiger charge is 2.21. The standard InChI is InChI=1S/C17H29N3O/c1-13-4-5-14(12-16(13)18)17(21)8-11-20(3)15-6-9-19(2)10-7-15/h4-5,12,15,17,21H,6-11,18H2,1-3H3. The Morgan fingerprint density at radius 2 is 2.05 bits per heavy atom. The summed E-state index contributed by atoms with van der Waals surface area (Å²) in [5, 5.41) is 10.3. The molecule has 4 nitrogen and oxygen atoms in total. The number of nitrogen functional groups attached to an aromatic ring is 1. The summed E-state index contributed by atoms with van der Waals surface area (Å²) in [4.78, 5) is 4.78. The van der Waals surface area contributed by atoms with Crippen LogP contribution >= 0.6 is 0 Å². The number of hydrogen-bond acceptors (Lipinski definition) is 4. The first-order valence-electron chi connectivity index (χ1n) is 7.90. The van der Waals surface area contributed by atoms with Gasteiger partial charge in [0, 0.05) is 18.3 Å². The zero-order valence-electron chi connectivity index (χ0n) is 13.5. The van der Waals surface area contributed by atoms with Gasteiger partial charge in [0.1, 0.15) is 0 Å². The van der Waals surface area contributed by atoms with Crippen LogP contribution in [0.5, 0.6) is 0 Å². The Morgan fingerprint density at radius 3 is 2.67 bits per heavy atom. The van der Waals surface area contributed by atoms with Gasteiger partial charge in [-0.05, 0) is 70.6 Å². The first-order chi connectivity index (χ1) is 9.97. The molecule has 1 unspecified atom stereocenters. The minimum Gasteiger partial charge on any atom is -0.399 e. The molecular weight excluding hydrogens is 262 g/mol. The number of aliphatic hydroxyl groups is 1. The van der Waals surface area contributed by atoms with Crippen molar-refractivity contribution in [3.8, 4) is 0 Å². The predicted molar refractivity (Wildman–Crippen MR) is 88.3 cm³/mol. The number of piperidine rings is 1. The monoisotopic (exact) mass is 291 g/mol. The smallest absolute Gasteiger partial charge is 0.0803 e. The van der Waals surface area contributed by atoms with Gasteiger partial charge in [0.25, 0.3) is 0 Å². The summed E-state index contributed by atoms with van der Waals surface area (Å²) < 4.78 is 0. The highest BCUT2D eigenvalue weighted by atomic mass is 16.3. The summed E-state index contributed by atoms with van der Waals surface area (Å²) in [5.74, 6) is 0. The van der Waals surface area contributed by atoms with Crippen LogP contribution < -0.4 is 5.73 Å². The second-order valence-corrected chi connectivity index (χ2v) is 6.44. The lowest BCUT2D eigenvalue weighted by atomic mass is 10.0. The van der Waals surface area contributed by atoms with E-state index in [1.165, 1.54) is 25.9 Å². The fraction of sp³-hybridized carbons (Fsp3) is 0.647. The maximum atomic E-state index is 10.3. The van der Waals surface area contributed by atoms with Crippen molar-refractivity contribution in [1.82, 2.24) is 9.80 Å². The van der Waals surface area contributed by atoms with Crippen LogP contribution in [0.15, 0.2) is 18.2 Å². The molecular formula is C17H29N3O. The molecule has 3 N–H and O–H groups in total. The Labute approximate surface area is 128 Å². The van der Waals surface area contributed by atoms with Crippen LogP contribution in [0.25, 0.3) is 0 Å². The van der Waals surface area contributed by atoms with E-state index in [4.69, 9.17) is 5.73 Å². The first-order valence-corrected chi connectivity index (χ1v) is 7.90. The topological polar surface area (TPSA) is 52.7 Å². The average molecular weight is 291 g/mol. The molecule has 1 fully saturated rings. The van der Waals surface area contributed by atoms with E-state index < -0.39 is 6.10 Å². The van der Waals surface area contributed by atoms with Crippen molar-refractivity contribution in [2.45, 2.75) is 38.3 Å². The zero-order valence-corrected chi connectivity index (χ0v) is 13.5. The minimum atomic E-state index is -0.429. The zero-order chi connectivity index (χ0) is 15.4. The number of nitrogens with two attached hydrogens (primary N) is 1. The van der Waals surface area contributed by atoms with Gasteiger partial charge in [-0.15, -0.1) is 0 Å². The fourth-order valence-electron chi connectivity index (χ4n) is 2.98. The number of anilines is 1. The molecule has 1 atom stereocenters. The summed E-state index contributed by atoms with van der Waals surface area (Å²) >= 11 is 0. The van der Waals surface area contributed by atoms with Gasteiger partial charge in [-0.1, -0.05) is 12.1 Å². The van der Waals surface area contributed by atoms with Gasteiger partial charge >= 0.3 is 0 Å². The number of aryl methyl sites for hydroxylation is 1. The van der Waals surface area contributed by atoms with Crippen molar-refractivity contribution < 1.29 is 5.11 Å². The third-order valence-corrected chi connectivity index (χ3v) is 4.75. The summed E-state index contributed by atoms with van der Waals surface area (Å²) in [7, 11) is 4.36. The molecule has 0 aliphatic carbocycles. The number of benzene rings is 1. The molecule has 1 saturated heterocycles. The quantitative estimate of drug-likeness (QED) is 0.815. The molecule has 0 saturated carbocycles. The van der Waals surface area contributed by atoms with E-state index in [1.807, 2.05) is 25.1 Å². The van der Waals surface area contributed by atoms with Gasteiger partial charge in [-0.25, -0.2) is 0 Å². The Balaban J connectivity index is 1.82. The molecule has 21 heavy (non-hydrogen) atoms. The number of rotatable bonds is 5. The lowest BCUT2D eigenvalue weighted by Gasteiger charge is -2.35. The van der Waals surface area contributed by atoms with Crippen LogP contribution in [-0.2, 0) is 0 Å². The Morgan fingerprint density at radius 1 is 1.38 bits per heavy atom. The van der Waals surface area contributed by atoms with Crippen LogP contribution in [0.3, 0.4) is 0 Å². The number of likely N-dealkylation sites (tertiary alicyclic amines) is 1. The van der Waals surface area contributed by atoms with E-state index in [2.05, 4.69) is 23.9 Å². The van der Waals surface area contributed by atoms with Gasteiger partial charge in [-0.2, -0.15) is 0 Å². The molecule has 1 aliphatic rings. The molecule has 0 amide bonds. The van der Waals surface area contributed by atoms with Crippen molar-refractivity contribution in [3.63, 3.8) is 0 Å². The van der Waals surface area contributed by atoms with Gasteiger partial charge in [0.2, 0.25) is 0 Å². The van der Waals surface area contributed by atoms with Crippen LogP contribution in [-0.4, -0.2) is 54.7 Å². The average Bonchev–Trinajstić information content (AvgIpc) is 2.48. The second-order valence-electron chi connectivity index (χ2n) is 6.44. The van der Waals surface area contributed by atoms with E-state index >= 15 is 0 Å². The Bertz CT molecular complexity index is 455. The van der Waals surface area contributed by atoms with Gasteiger partial charge < -0.3 is 20.6 Å². The summed E-state index contributed by atoms with van der Waals surface area (Å²) in [6, 6.07) is 6.51. The van der Waals surface area contributed by atoms with Crippen LogP contribution in [0.1, 0.15) is 36.5 Å². The van der Waals surface area contributed by atoms with Crippen LogP contribution in [0.4, 0.5) is 5.69 Å². The van der Waals surface area contributed by atoms with E-state index in [0.717, 1.165) is 29.8 Å². The Hall–Kier alpha value is -1.10. The van der Waals surface area contributed by atoms with Gasteiger partial charge in [-0.3, -0.25) is 0 Å². The van der Waals surface area contributed by atoms with E-state index in [1.54, 1.807) is 0 Å². The first kappa shape index (κ1) is 16.3. The predicted octanol–water partition coefficient (Wildman–Crippen LogP) is 2.03. The second kappa shape index (κ2) is 7.25.